The summed E-state index contributed by atoms with van der Waals surface area (Å²) in [6.07, 6.45) is 3.21. The number of carbonyl (C=O) groups is 1. The predicted octanol–water partition coefficient (Wildman–Crippen LogP) is 3.50. The molecule has 0 heterocycles. The molecule has 0 saturated heterocycles. The molecule has 0 amide bonds. The highest BCUT2D eigenvalue weighted by atomic mass is 127. The summed E-state index contributed by atoms with van der Waals surface area (Å²) in [6, 6.07) is 6.63. The van der Waals surface area contributed by atoms with Crippen LogP contribution in [0.15, 0.2) is 29.3 Å². The van der Waals surface area contributed by atoms with Gasteiger partial charge in [0, 0.05) is 13.1 Å². The van der Waals surface area contributed by atoms with E-state index in [0.29, 0.717) is 19.1 Å². The lowest BCUT2D eigenvalue weighted by molar-refractivity contribution is -0.149. The van der Waals surface area contributed by atoms with E-state index in [0.717, 1.165) is 25.7 Å². The molecule has 1 fully saturated rings. The van der Waals surface area contributed by atoms with Crippen LogP contribution in [0.5, 0.6) is 5.75 Å². The lowest BCUT2D eigenvalue weighted by atomic mass is 9.86. The van der Waals surface area contributed by atoms with E-state index in [4.69, 9.17) is 9.47 Å². The van der Waals surface area contributed by atoms with Gasteiger partial charge >= 0.3 is 5.97 Å². The van der Waals surface area contributed by atoms with Crippen molar-refractivity contribution in [3.63, 3.8) is 0 Å². The molecule has 2 N–H and O–H groups in total. The molecule has 1 atom stereocenters. The smallest absolute Gasteiger partial charge is 0.308 e. The lowest BCUT2D eigenvalue weighted by Gasteiger charge is -2.29. The number of nitrogens with one attached hydrogen (secondary N) is 2. The fraction of sp³-hybridized carbons (Fsp3) is 0.600. The first-order valence-electron chi connectivity index (χ1n) is 9.58. The third kappa shape index (κ3) is 7.81. The first-order chi connectivity index (χ1) is 13.0. The number of halogens is 2. The predicted molar refractivity (Wildman–Crippen MR) is 119 cm³/mol. The van der Waals surface area contributed by atoms with E-state index in [9.17, 15) is 9.18 Å². The summed E-state index contributed by atoms with van der Waals surface area (Å²) in [5.41, 5.74) is 0. The van der Waals surface area contributed by atoms with Crippen molar-refractivity contribution in [3.05, 3.63) is 30.1 Å². The van der Waals surface area contributed by atoms with Gasteiger partial charge in [-0.3, -0.25) is 9.79 Å². The molecule has 158 valence electrons. The normalized spacial score (nSPS) is 20.5. The summed E-state index contributed by atoms with van der Waals surface area (Å²) < 4.78 is 24.4. The zero-order valence-corrected chi connectivity index (χ0v) is 19.1. The molecule has 0 radical (unpaired) electrons. The SMILES string of the molecule is CCOC(=O)C1CCC(NC(=NC)NCC(C)Oc2ccccc2F)CC1.I. The molecule has 0 aromatic heterocycles. The Morgan fingerprint density at radius 2 is 1.96 bits per heavy atom. The first kappa shape index (κ1) is 24.5. The minimum Gasteiger partial charge on any atom is -0.486 e. The third-order valence-corrected chi connectivity index (χ3v) is 4.63. The minimum atomic E-state index is -0.370. The van der Waals surface area contributed by atoms with Crippen molar-refractivity contribution in [2.45, 2.75) is 51.7 Å². The van der Waals surface area contributed by atoms with Crippen LogP contribution in [-0.2, 0) is 9.53 Å². The topological polar surface area (TPSA) is 72.0 Å². The average Bonchev–Trinajstić information content (AvgIpc) is 2.67. The van der Waals surface area contributed by atoms with Crippen molar-refractivity contribution in [1.29, 1.82) is 0 Å². The summed E-state index contributed by atoms with van der Waals surface area (Å²) >= 11 is 0. The standard InChI is InChI=1S/C20H30FN3O3.HI/c1-4-26-19(25)15-9-11-16(12-10-15)24-20(22-3)23-13-14(2)27-18-8-6-5-7-17(18)21;/h5-8,14-16H,4,9-13H2,1-3H3,(H2,22,23,24);1H. The highest BCUT2D eigenvalue weighted by Crippen LogP contribution is 2.25. The van der Waals surface area contributed by atoms with Crippen molar-refractivity contribution in [1.82, 2.24) is 10.6 Å². The second kappa shape index (κ2) is 12.8. The number of hydrogen-bond donors (Lipinski definition) is 2. The molecule has 0 bridgehead atoms. The first-order valence-corrected chi connectivity index (χ1v) is 9.58. The maximum absolute atomic E-state index is 13.6. The quantitative estimate of drug-likeness (QED) is 0.256. The Balaban J connectivity index is 0.00000392. The maximum atomic E-state index is 13.6. The van der Waals surface area contributed by atoms with Crippen molar-refractivity contribution >= 4 is 35.9 Å². The van der Waals surface area contributed by atoms with Crippen LogP contribution < -0.4 is 15.4 Å². The number of para-hydroxylation sites is 1. The van der Waals surface area contributed by atoms with E-state index >= 15 is 0 Å². The Morgan fingerprint density at radius 3 is 2.57 bits per heavy atom. The summed E-state index contributed by atoms with van der Waals surface area (Å²) in [7, 11) is 1.71. The van der Waals surface area contributed by atoms with Gasteiger partial charge in [-0.1, -0.05) is 12.1 Å². The summed E-state index contributed by atoms with van der Waals surface area (Å²) in [5, 5.41) is 6.60. The number of guanidine groups is 1. The zero-order chi connectivity index (χ0) is 19.6. The molecule has 1 aliphatic rings. The Morgan fingerprint density at radius 1 is 1.29 bits per heavy atom. The van der Waals surface area contributed by atoms with Crippen LogP contribution in [0.1, 0.15) is 39.5 Å². The van der Waals surface area contributed by atoms with Crippen LogP contribution in [-0.4, -0.2) is 44.3 Å². The van der Waals surface area contributed by atoms with Gasteiger partial charge in [0.1, 0.15) is 6.10 Å². The number of hydrogen-bond acceptors (Lipinski definition) is 4. The zero-order valence-electron chi connectivity index (χ0n) is 16.7. The number of rotatable bonds is 7. The molecule has 28 heavy (non-hydrogen) atoms. The molecule has 6 nitrogen and oxygen atoms in total. The van der Waals surface area contributed by atoms with Crippen molar-refractivity contribution in [2.24, 2.45) is 10.9 Å². The van der Waals surface area contributed by atoms with Gasteiger partial charge in [0.2, 0.25) is 0 Å². The average molecular weight is 507 g/mol. The lowest BCUT2D eigenvalue weighted by Crippen LogP contribution is -2.47. The Bertz CT molecular complexity index is 637. The number of ether oxygens (including phenoxy) is 2. The molecule has 0 aliphatic heterocycles. The van der Waals surface area contributed by atoms with Crippen molar-refractivity contribution < 1.29 is 18.7 Å². The van der Waals surface area contributed by atoms with Gasteiger partial charge in [-0.2, -0.15) is 0 Å². The summed E-state index contributed by atoms with van der Waals surface area (Å²) in [6.45, 7) is 4.63. The van der Waals surface area contributed by atoms with Crippen LogP contribution in [0, 0.1) is 11.7 Å². The Hall–Kier alpha value is -1.58. The van der Waals surface area contributed by atoms with E-state index in [2.05, 4.69) is 15.6 Å². The number of carbonyl (C=O) groups excluding carboxylic acids is 1. The Labute approximate surface area is 183 Å². The molecule has 0 spiro atoms. The molecule has 8 heteroatoms. The summed E-state index contributed by atoms with van der Waals surface area (Å²) in [5.74, 6) is 0.473. The van der Waals surface area contributed by atoms with Gasteiger partial charge in [0.05, 0.1) is 19.1 Å². The Kier molecular flexibility index (Phi) is 11.2. The number of esters is 1. The van der Waals surface area contributed by atoms with E-state index in [-0.39, 0.29) is 59.6 Å². The highest BCUT2D eigenvalue weighted by molar-refractivity contribution is 14.0. The monoisotopic (exact) mass is 507 g/mol. The highest BCUT2D eigenvalue weighted by Gasteiger charge is 2.27. The molecule has 1 saturated carbocycles. The molecule has 1 unspecified atom stereocenters. The van der Waals surface area contributed by atoms with E-state index < -0.39 is 0 Å². The van der Waals surface area contributed by atoms with Crippen LogP contribution in [0.3, 0.4) is 0 Å². The van der Waals surface area contributed by atoms with Crippen LogP contribution in [0.2, 0.25) is 0 Å². The van der Waals surface area contributed by atoms with Gasteiger partial charge in [-0.25, -0.2) is 4.39 Å². The van der Waals surface area contributed by atoms with E-state index in [1.807, 2.05) is 13.8 Å². The van der Waals surface area contributed by atoms with Crippen LogP contribution in [0.4, 0.5) is 4.39 Å². The van der Waals surface area contributed by atoms with E-state index in [1.54, 1.807) is 25.2 Å². The maximum Gasteiger partial charge on any atom is 0.308 e. The van der Waals surface area contributed by atoms with Gasteiger partial charge < -0.3 is 20.1 Å². The molecule has 2 rings (SSSR count). The van der Waals surface area contributed by atoms with Gasteiger partial charge in [-0.05, 0) is 51.7 Å². The van der Waals surface area contributed by atoms with Crippen molar-refractivity contribution in [2.75, 3.05) is 20.2 Å². The molecule has 1 aromatic rings. The molecule has 1 aliphatic carbocycles. The van der Waals surface area contributed by atoms with Crippen LogP contribution >= 0.6 is 24.0 Å². The number of benzene rings is 1. The van der Waals surface area contributed by atoms with Gasteiger partial charge in [-0.15, -0.1) is 24.0 Å². The second-order valence-corrected chi connectivity index (χ2v) is 6.76. The molecular formula is C20H31FIN3O3. The molecular weight excluding hydrogens is 476 g/mol. The second-order valence-electron chi connectivity index (χ2n) is 6.76. The molecule has 1 aromatic carbocycles. The fourth-order valence-corrected chi connectivity index (χ4v) is 3.16. The number of aliphatic imine (C=N–C) groups is 1. The minimum absolute atomic E-state index is 0. The van der Waals surface area contributed by atoms with Gasteiger partial charge in [0.15, 0.2) is 17.5 Å². The number of nitrogens with zero attached hydrogens (tertiary/aromatic N) is 1. The van der Waals surface area contributed by atoms with Gasteiger partial charge in [0.25, 0.3) is 0 Å². The third-order valence-electron chi connectivity index (χ3n) is 4.63. The summed E-state index contributed by atoms with van der Waals surface area (Å²) in [4.78, 5) is 16.1. The van der Waals surface area contributed by atoms with Crippen LogP contribution in [0.25, 0.3) is 0 Å². The fourth-order valence-electron chi connectivity index (χ4n) is 3.16. The largest absolute Gasteiger partial charge is 0.486 e. The van der Waals surface area contributed by atoms with E-state index in [1.165, 1.54) is 6.07 Å². The van der Waals surface area contributed by atoms with Crippen molar-refractivity contribution in [3.8, 4) is 5.75 Å².